The molecule has 3 N–H and O–H groups in total. The van der Waals surface area contributed by atoms with Crippen molar-refractivity contribution < 1.29 is 4.74 Å². The largest absolute Gasteiger partial charge is 0.374 e. The summed E-state index contributed by atoms with van der Waals surface area (Å²) in [5.74, 6) is 5.80. The number of likely N-dealkylation sites (N-methyl/N-ethyl adjacent to an activating group) is 1. The van der Waals surface area contributed by atoms with E-state index in [1.165, 1.54) is 15.6 Å². The van der Waals surface area contributed by atoms with Gasteiger partial charge in [0.25, 0.3) is 0 Å². The Hall–Kier alpha value is -0.980. The zero-order chi connectivity index (χ0) is 13.2. The Balaban J connectivity index is 1.95. The van der Waals surface area contributed by atoms with E-state index in [9.17, 15) is 0 Å². The molecule has 1 aliphatic rings. The molecule has 2 atom stereocenters. The van der Waals surface area contributed by atoms with E-state index < -0.39 is 0 Å². The lowest BCUT2D eigenvalue weighted by molar-refractivity contribution is -0.0390. The highest BCUT2D eigenvalue weighted by Crippen LogP contribution is 2.31. The van der Waals surface area contributed by atoms with Crippen molar-refractivity contribution >= 4 is 21.4 Å². The number of nitrogens with one attached hydrogen (secondary N) is 1. The van der Waals surface area contributed by atoms with E-state index in [0.717, 1.165) is 19.7 Å². The van der Waals surface area contributed by atoms with Crippen molar-refractivity contribution in [1.29, 1.82) is 0 Å². The molecule has 0 aliphatic carbocycles. The maximum Gasteiger partial charge on any atom is 0.0910 e. The fourth-order valence-electron chi connectivity index (χ4n) is 2.67. The number of hydrogen-bond acceptors (Lipinski definition) is 5. The van der Waals surface area contributed by atoms with Crippen LogP contribution in [-0.2, 0) is 4.74 Å². The number of ether oxygens (including phenoxy) is 1. The summed E-state index contributed by atoms with van der Waals surface area (Å²) in [4.78, 5) is 2.28. The molecule has 102 valence electrons. The summed E-state index contributed by atoms with van der Waals surface area (Å²) in [7, 11) is 2.12. The SMILES string of the molecule is CN1CCOC(C(NN)c2cccc3ccsc23)C1. The summed E-state index contributed by atoms with van der Waals surface area (Å²) in [6.07, 6.45) is 0.0939. The molecule has 1 fully saturated rings. The van der Waals surface area contributed by atoms with Crippen LogP contribution in [0.25, 0.3) is 10.1 Å². The van der Waals surface area contributed by atoms with Gasteiger partial charge in [0, 0.05) is 17.8 Å². The van der Waals surface area contributed by atoms with Gasteiger partial charge in [0.05, 0.1) is 18.8 Å². The molecule has 0 radical (unpaired) electrons. The van der Waals surface area contributed by atoms with Gasteiger partial charge in [0.1, 0.15) is 0 Å². The van der Waals surface area contributed by atoms with Crippen LogP contribution in [-0.4, -0.2) is 37.7 Å². The molecule has 4 nitrogen and oxygen atoms in total. The number of nitrogens with two attached hydrogens (primary N) is 1. The first-order valence-electron chi connectivity index (χ1n) is 6.52. The maximum atomic E-state index is 5.90. The van der Waals surface area contributed by atoms with Crippen molar-refractivity contribution in [3.8, 4) is 0 Å². The first-order valence-corrected chi connectivity index (χ1v) is 7.40. The minimum absolute atomic E-state index is 0.0325. The third-order valence-electron chi connectivity index (χ3n) is 3.69. The average molecular weight is 277 g/mol. The van der Waals surface area contributed by atoms with Gasteiger partial charge in [0.2, 0.25) is 0 Å². The van der Waals surface area contributed by atoms with Gasteiger partial charge in [-0.25, -0.2) is 0 Å². The average Bonchev–Trinajstić information content (AvgIpc) is 2.89. The molecule has 0 saturated carbocycles. The normalized spacial score (nSPS) is 22.7. The maximum absolute atomic E-state index is 5.90. The number of morpholine rings is 1. The highest BCUT2D eigenvalue weighted by molar-refractivity contribution is 7.17. The van der Waals surface area contributed by atoms with Gasteiger partial charge in [-0.05, 0) is 29.4 Å². The molecular weight excluding hydrogens is 258 g/mol. The Morgan fingerprint density at radius 2 is 2.37 bits per heavy atom. The molecule has 0 amide bonds. The van der Waals surface area contributed by atoms with E-state index in [0.29, 0.717) is 0 Å². The van der Waals surface area contributed by atoms with Crippen LogP contribution in [0.1, 0.15) is 11.6 Å². The van der Waals surface area contributed by atoms with E-state index >= 15 is 0 Å². The molecule has 2 heterocycles. The number of rotatable bonds is 3. The van der Waals surface area contributed by atoms with Crippen LogP contribution in [0, 0.1) is 0 Å². The first-order chi connectivity index (χ1) is 9.29. The number of hydrazine groups is 1. The van der Waals surface area contributed by atoms with Gasteiger partial charge in [-0.3, -0.25) is 11.3 Å². The molecular formula is C14H19N3OS. The topological polar surface area (TPSA) is 50.5 Å². The van der Waals surface area contributed by atoms with Crippen molar-refractivity contribution in [2.24, 2.45) is 5.84 Å². The third kappa shape index (κ3) is 2.52. The fourth-order valence-corrected chi connectivity index (χ4v) is 3.63. The Morgan fingerprint density at radius 1 is 1.47 bits per heavy atom. The summed E-state index contributed by atoms with van der Waals surface area (Å²) in [6, 6.07) is 8.54. The highest BCUT2D eigenvalue weighted by atomic mass is 32.1. The van der Waals surface area contributed by atoms with Crippen LogP contribution in [0.3, 0.4) is 0 Å². The number of fused-ring (bicyclic) bond motifs is 1. The van der Waals surface area contributed by atoms with E-state index in [2.05, 4.69) is 47.0 Å². The molecule has 1 aliphatic heterocycles. The van der Waals surface area contributed by atoms with E-state index in [1.807, 2.05) is 0 Å². The van der Waals surface area contributed by atoms with Crippen LogP contribution < -0.4 is 11.3 Å². The monoisotopic (exact) mass is 277 g/mol. The predicted octanol–water partition coefficient (Wildman–Crippen LogP) is 1.74. The molecule has 0 spiro atoms. The number of hydrogen-bond donors (Lipinski definition) is 2. The quantitative estimate of drug-likeness (QED) is 0.663. The molecule has 5 heteroatoms. The lowest BCUT2D eigenvalue weighted by atomic mass is 9.99. The zero-order valence-electron chi connectivity index (χ0n) is 11.0. The van der Waals surface area contributed by atoms with Gasteiger partial charge in [-0.15, -0.1) is 11.3 Å². The second-order valence-corrected chi connectivity index (χ2v) is 5.92. The Morgan fingerprint density at radius 3 is 3.16 bits per heavy atom. The summed E-state index contributed by atoms with van der Waals surface area (Å²) in [5, 5.41) is 3.39. The van der Waals surface area contributed by atoms with Crippen LogP contribution in [0.4, 0.5) is 0 Å². The molecule has 2 unspecified atom stereocenters. The second kappa shape index (κ2) is 5.56. The van der Waals surface area contributed by atoms with E-state index in [-0.39, 0.29) is 12.1 Å². The van der Waals surface area contributed by atoms with E-state index in [4.69, 9.17) is 10.6 Å². The number of nitrogens with zero attached hydrogens (tertiary/aromatic N) is 1. The fraction of sp³-hybridized carbons (Fsp3) is 0.429. The van der Waals surface area contributed by atoms with Crippen LogP contribution in [0.5, 0.6) is 0 Å². The lowest BCUT2D eigenvalue weighted by Gasteiger charge is -2.35. The summed E-state index contributed by atoms with van der Waals surface area (Å²) in [5.41, 5.74) is 4.18. The lowest BCUT2D eigenvalue weighted by Crippen LogP contribution is -2.48. The van der Waals surface area contributed by atoms with Crippen molar-refractivity contribution in [2.75, 3.05) is 26.7 Å². The third-order valence-corrected chi connectivity index (χ3v) is 4.67. The number of benzene rings is 1. The summed E-state index contributed by atoms with van der Waals surface area (Å²) in [6.45, 7) is 2.65. The van der Waals surface area contributed by atoms with Crippen LogP contribution in [0.15, 0.2) is 29.6 Å². The molecule has 1 saturated heterocycles. The zero-order valence-corrected chi connectivity index (χ0v) is 11.8. The molecule has 3 rings (SSSR count). The Kier molecular flexibility index (Phi) is 3.81. The summed E-state index contributed by atoms with van der Waals surface area (Å²) >= 11 is 1.76. The molecule has 1 aromatic heterocycles. The Bertz CT molecular complexity index is 556. The molecule has 0 bridgehead atoms. The van der Waals surface area contributed by atoms with Gasteiger partial charge >= 0.3 is 0 Å². The first kappa shape index (κ1) is 13.0. The minimum atomic E-state index is 0.0325. The molecule has 1 aromatic carbocycles. The van der Waals surface area contributed by atoms with Gasteiger partial charge in [-0.1, -0.05) is 18.2 Å². The smallest absolute Gasteiger partial charge is 0.0910 e. The predicted molar refractivity (Wildman–Crippen MR) is 79.1 cm³/mol. The van der Waals surface area contributed by atoms with Crippen molar-refractivity contribution in [3.05, 3.63) is 35.2 Å². The summed E-state index contributed by atoms with van der Waals surface area (Å²) < 4.78 is 7.20. The van der Waals surface area contributed by atoms with Crippen molar-refractivity contribution in [1.82, 2.24) is 10.3 Å². The molecule has 2 aromatic rings. The van der Waals surface area contributed by atoms with Crippen LogP contribution in [0.2, 0.25) is 0 Å². The minimum Gasteiger partial charge on any atom is -0.374 e. The Labute approximate surface area is 117 Å². The number of thiophene rings is 1. The van der Waals surface area contributed by atoms with E-state index in [1.54, 1.807) is 11.3 Å². The van der Waals surface area contributed by atoms with Gasteiger partial charge < -0.3 is 9.64 Å². The standard InChI is InChI=1S/C14H19N3OS/c1-17-6-7-18-12(9-17)13(16-15)11-4-2-3-10-5-8-19-14(10)11/h2-5,8,12-13,16H,6-7,9,15H2,1H3. The highest BCUT2D eigenvalue weighted by Gasteiger charge is 2.28. The van der Waals surface area contributed by atoms with Gasteiger partial charge in [0.15, 0.2) is 0 Å². The van der Waals surface area contributed by atoms with Crippen LogP contribution >= 0.6 is 11.3 Å². The van der Waals surface area contributed by atoms with Crippen molar-refractivity contribution in [2.45, 2.75) is 12.1 Å². The van der Waals surface area contributed by atoms with Gasteiger partial charge in [-0.2, -0.15) is 0 Å². The van der Waals surface area contributed by atoms with Crippen molar-refractivity contribution in [3.63, 3.8) is 0 Å². The second-order valence-electron chi connectivity index (χ2n) is 5.00. The molecule has 19 heavy (non-hydrogen) atoms.